The highest BCUT2D eigenvalue weighted by atomic mass is 79.9. The van der Waals surface area contributed by atoms with E-state index in [1.807, 2.05) is 0 Å². The second kappa shape index (κ2) is 5.79. The Bertz CT molecular complexity index is 691. The fourth-order valence-corrected chi connectivity index (χ4v) is 1.91. The Kier molecular flexibility index (Phi) is 4.09. The zero-order valence-electron chi connectivity index (χ0n) is 9.93. The van der Waals surface area contributed by atoms with E-state index in [4.69, 9.17) is 5.11 Å². The standard InChI is InChI=1S/C13H8BrFN2O3/c14-9-5-4-7(6-8(9)13(19)20)16-12(18)10-2-1-3-11(15)17-10/h1-6H,(H,16,18)(H,19,20). The van der Waals surface area contributed by atoms with Crippen molar-refractivity contribution in [1.29, 1.82) is 0 Å². The minimum atomic E-state index is -1.13. The van der Waals surface area contributed by atoms with Gasteiger partial charge in [0.2, 0.25) is 5.95 Å². The molecule has 2 rings (SSSR count). The summed E-state index contributed by atoms with van der Waals surface area (Å²) in [5.41, 5.74) is 0.196. The summed E-state index contributed by atoms with van der Waals surface area (Å²) in [5.74, 6) is -2.51. The lowest BCUT2D eigenvalue weighted by molar-refractivity contribution is 0.0695. The number of carboxylic acids is 1. The van der Waals surface area contributed by atoms with Gasteiger partial charge in [-0.05, 0) is 46.3 Å². The second-order valence-corrected chi connectivity index (χ2v) is 4.65. The van der Waals surface area contributed by atoms with Crippen molar-refractivity contribution in [2.75, 3.05) is 5.32 Å². The number of pyridine rings is 1. The number of anilines is 1. The van der Waals surface area contributed by atoms with Gasteiger partial charge in [-0.25, -0.2) is 9.78 Å². The molecule has 1 heterocycles. The molecule has 1 aromatic heterocycles. The van der Waals surface area contributed by atoms with E-state index in [2.05, 4.69) is 26.2 Å². The summed E-state index contributed by atoms with van der Waals surface area (Å²) in [5, 5.41) is 11.4. The third-order valence-electron chi connectivity index (χ3n) is 2.40. The molecule has 1 aromatic carbocycles. The summed E-state index contributed by atoms with van der Waals surface area (Å²) in [6.07, 6.45) is 0. The van der Waals surface area contributed by atoms with Crippen molar-refractivity contribution in [2.24, 2.45) is 0 Å². The molecule has 2 N–H and O–H groups in total. The van der Waals surface area contributed by atoms with Crippen LogP contribution >= 0.6 is 15.9 Å². The highest BCUT2D eigenvalue weighted by Crippen LogP contribution is 2.21. The molecule has 2 aromatic rings. The van der Waals surface area contributed by atoms with Crippen LogP contribution in [0.2, 0.25) is 0 Å². The molecule has 102 valence electrons. The first-order chi connectivity index (χ1) is 9.47. The summed E-state index contributed by atoms with van der Waals surface area (Å²) < 4.78 is 13.3. The number of carbonyl (C=O) groups is 2. The van der Waals surface area contributed by atoms with Gasteiger partial charge in [0.1, 0.15) is 5.69 Å². The van der Waals surface area contributed by atoms with E-state index >= 15 is 0 Å². The summed E-state index contributed by atoms with van der Waals surface area (Å²) in [7, 11) is 0. The Hall–Kier alpha value is -2.28. The number of hydrogen-bond donors (Lipinski definition) is 2. The number of benzene rings is 1. The van der Waals surface area contributed by atoms with Crippen molar-refractivity contribution in [2.45, 2.75) is 0 Å². The molecule has 0 aliphatic carbocycles. The zero-order chi connectivity index (χ0) is 14.7. The average Bonchev–Trinajstić information content (AvgIpc) is 2.40. The number of nitrogens with one attached hydrogen (secondary N) is 1. The van der Waals surface area contributed by atoms with Gasteiger partial charge in [0.25, 0.3) is 5.91 Å². The normalized spacial score (nSPS) is 10.1. The van der Waals surface area contributed by atoms with E-state index in [1.54, 1.807) is 0 Å². The Morgan fingerprint density at radius 3 is 2.65 bits per heavy atom. The number of rotatable bonds is 3. The third kappa shape index (κ3) is 3.18. The number of aromatic carboxylic acids is 1. The molecule has 0 radical (unpaired) electrons. The molecule has 0 atom stereocenters. The lowest BCUT2D eigenvalue weighted by Crippen LogP contribution is -2.14. The molecular weight excluding hydrogens is 331 g/mol. The largest absolute Gasteiger partial charge is 0.478 e. The van der Waals surface area contributed by atoms with E-state index in [0.29, 0.717) is 4.47 Å². The van der Waals surface area contributed by atoms with Crippen molar-refractivity contribution < 1.29 is 19.1 Å². The molecule has 0 saturated carbocycles. The molecular formula is C13H8BrFN2O3. The summed E-state index contributed by atoms with van der Waals surface area (Å²) in [6.45, 7) is 0. The molecule has 0 aliphatic heterocycles. The molecule has 0 saturated heterocycles. The zero-order valence-corrected chi connectivity index (χ0v) is 11.5. The molecule has 20 heavy (non-hydrogen) atoms. The maximum absolute atomic E-state index is 12.9. The number of halogens is 2. The topological polar surface area (TPSA) is 79.3 Å². The lowest BCUT2D eigenvalue weighted by atomic mass is 10.2. The molecule has 0 fully saturated rings. The fraction of sp³-hybridized carbons (Fsp3) is 0. The minimum absolute atomic E-state index is 0.00926. The summed E-state index contributed by atoms with van der Waals surface area (Å²) >= 11 is 3.10. The van der Waals surface area contributed by atoms with Crippen LogP contribution in [0.5, 0.6) is 0 Å². The second-order valence-electron chi connectivity index (χ2n) is 3.80. The Morgan fingerprint density at radius 2 is 2.00 bits per heavy atom. The van der Waals surface area contributed by atoms with Gasteiger partial charge >= 0.3 is 5.97 Å². The first-order valence-electron chi connectivity index (χ1n) is 5.44. The van der Waals surface area contributed by atoms with Crippen LogP contribution in [-0.4, -0.2) is 22.0 Å². The first kappa shape index (κ1) is 14.1. The SMILES string of the molecule is O=C(Nc1ccc(Br)c(C(=O)O)c1)c1cccc(F)n1. The molecule has 0 aliphatic rings. The van der Waals surface area contributed by atoms with Crippen LogP contribution in [0.4, 0.5) is 10.1 Å². The van der Waals surface area contributed by atoms with Crippen LogP contribution in [0.3, 0.4) is 0 Å². The minimum Gasteiger partial charge on any atom is -0.478 e. The average molecular weight is 339 g/mol. The Balaban J connectivity index is 2.24. The van der Waals surface area contributed by atoms with E-state index in [9.17, 15) is 14.0 Å². The number of carboxylic acid groups (broad SMARTS) is 1. The number of hydrogen-bond acceptors (Lipinski definition) is 3. The Labute approximate surface area is 121 Å². The van der Waals surface area contributed by atoms with Crippen molar-refractivity contribution >= 4 is 33.5 Å². The van der Waals surface area contributed by atoms with E-state index in [0.717, 1.165) is 6.07 Å². The molecule has 7 heteroatoms. The molecule has 0 spiro atoms. The van der Waals surface area contributed by atoms with Gasteiger partial charge in [-0.1, -0.05) is 6.07 Å². The maximum Gasteiger partial charge on any atom is 0.336 e. The van der Waals surface area contributed by atoms with Gasteiger partial charge in [-0.3, -0.25) is 4.79 Å². The number of aromatic nitrogens is 1. The number of carbonyl (C=O) groups excluding carboxylic acids is 1. The van der Waals surface area contributed by atoms with Crippen LogP contribution in [0.1, 0.15) is 20.8 Å². The maximum atomic E-state index is 12.9. The van der Waals surface area contributed by atoms with Crippen molar-refractivity contribution in [3.05, 3.63) is 58.1 Å². The quantitative estimate of drug-likeness (QED) is 0.843. The summed E-state index contributed by atoms with van der Waals surface area (Å²) in [4.78, 5) is 26.2. The molecule has 0 bridgehead atoms. The molecule has 5 nitrogen and oxygen atoms in total. The van der Waals surface area contributed by atoms with Crippen LogP contribution in [0.25, 0.3) is 0 Å². The number of amides is 1. The fourth-order valence-electron chi connectivity index (χ4n) is 1.50. The van der Waals surface area contributed by atoms with Crippen molar-refractivity contribution in [3.63, 3.8) is 0 Å². The monoisotopic (exact) mass is 338 g/mol. The van der Waals surface area contributed by atoms with Gasteiger partial charge in [-0.15, -0.1) is 0 Å². The van der Waals surface area contributed by atoms with E-state index in [-0.39, 0.29) is 16.9 Å². The number of nitrogens with zero attached hydrogens (tertiary/aromatic N) is 1. The summed E-state index contributed by atoms with van der Waals surface area (Å²) in [6, 6.07) is 8.16. The van der Waals surface area contributed by atoms with Crippen molar-refractivity contribution in [3.8, 4) is 0 Å². The van der Waals surface area contributed by atoms with Gasteiger partial charge in [0, 0.05) is 10.2 Å². The van der Waals surface area contributed by atoms with Gasteiger partial charge < -0.3 is 10.4 Å². The first-order valence-corrected chi connectivity index (χ1v) is 6.23. The molecule has 0 unspecified atom stereocenters. The Morgan fingerprint density at radius 1 is 1.25 bits per heavy atom. The smallest absolute Gasteiger partial charge is 0.336 e. The predicted molar refractivity (Wildman–Crippen MR) is 73.2 cm³/mol. The predicted octanol–water partition coefficient (Wildman–Crippen LogP) is 2.93. The van der Waals surface area contributed by atoms with Gasteiger partial charge in [0.05, 0.1) is 5.56 Å². The van der Waals surface area contributed by atoms with Gasteiger partial charge in [-0.2, -0.15) is 4.39 Å². The van der Waals surface area contributed by atoms with Crippen LogP contribution in [0.15, 0.2) is 40.9 Å². The van der Waals surface area contributed by atoms with Crippen molar-refractivity contribution in [1.82, 2.24) is 4.98 Å². The van der Waals surface area contributed by atoms with Crippen LogP contribution in [-0.2, 0) is 0 Å². The highest BCUT2D eigenvalue weighted by molar-refractivity contribution is 9.10. The van der Waals surface area contributed by atoms with E-state index in [1.165, 1.54) is 30.3 Å². The molecule has 1 amide bonds. The lowest BCUT2D eigenvalue weighted by Gasteiger charge is -2.07. The van der Waals surface area contributed by atoms with Gasteiger partial charge in [0.15, 0.2) is 0 Å². The highest BCUT2D eigenvalue weighted by Gasteiger charge is 2.12. The van der Waals surface area contributed by atoms with Crippen LogP contribution in [0, 0.1) is 5.95 Å². The third-order valence-corrected chi connectivity index (χ3v) is 3.09. The van der Waals surface area contributed by atoms with E-state index < -0.39 is 17.8 Å². The van der Waals surface area contributed by atoms with Crippen LogP contribution < -0.4 is 5.32 Å².